The Morgan fingerprint density at radius 2 is 2.44 bits per heavy atom. The van der Waals surface area contributed by atoms with Gasteiger partial charge in [0.2, 0.25) is 0 Å². The van der Waals surface area contributed by atoms with Gasteiger partial charge in [-0.15, -0.1) is 0 Å². The third-order valence-corrected chi connectivity index (χ3v) is 2.28. The van der Waals surface area contributed by atoms with Crippen LogP contribution in [-0.4, -0.2) is 23.7 Å². The smallest absolute Gasteiger partial charge is 0.326 e. The molecule has 0 fully saturated rings. The molecule has 0 amide bonds. The SMILES string of the molecule is [N-]=[N+]=NCC(Nc1cccc(Br)c1)C(=O)O. The van der Waals surface area contributed by atoms with Crippen molar-refractivity contribution in [1.82, 2.24) is 0 Å². The highest BCUT2D eigenvalue weighted by Crippen LogP contribution is 2.16. The molecule has 7 heteroatoms. The van der Waals surface area contributed by atoms with E-state index in [0.29, 0.717) is 5.69 Å². The summed E-state index contributed by atoms with van der Waals surface area (Å²) in [6.07, 6.45) is 0. The fourth-order valence-electron chi connectivity index (χ4n) is 1.08. The van der Waals surface area contributed by atoms with Crippen LogP contribution in [0, 0.1) is 0 Å². The van der Waals surface area contributed by atoms with Crippen LogP contribution in [0.4, 0.5) is 5.69 Å². The van der Waals surface area contributed by atoms with E-state index >= 15 is 0 Å². The Kier molecular flexibility index (Phi) is 4.63. The maximum Gasteiger partial charge on any atom is 0.326 e. The first kappa shape index (κ1) is 12.4. The average Bonchev–Trinajstić information content (AvgIpc) is 2.24. The van der Waals surface area contributed by atoms with E-state index in [1.807, 2.05) is 6.07 Å². The van der Waals surface area contributed by atoms with Crippen molar-refractivity contribution in [3.05, 3.63) is 39.2 Å². The first-order chi connectivity index (χ1) is 7.63. The van der Waals surface area contributed by atoms with Gasteiger partial charge in [-0.05, 0) is 23.7 Å². The lowest BCUT2D eigenvalue weighted by atomic mass is 10.2. The molecule has 0 bridgehead atoms. The summed E-state index contributed by atoms with van der Waals surface area (Å²) in [5.41, 5.74) is 8.79. The van der Waals surface area contributed by atoms with Gasteiger partial charge >= 0.3 is 5.97 Å². The maximum atomic E-state index is 10.8. The van der Waals surface area contributed by atoms with Crippen LogP contribution in [0.5, 0.6) is 0 Å². The van der Waals surface area contributed by atoms with E-state index in [1.165, 1.54) is 0 Å². The highest BCUT2D eigenvalue weighted by atomic mass is 79.9. The molecule has 0 spiro atoms. The summed E-state index contributed by atoms with van der Waals surface area (Å²) >= 11 is 3.27. The molecule has 1 aromatic carbocycles. The fraction of sp³-hybridized carbons (Fsp3) is 0.222. The van der Waals surface area contributed by atoms with Crippen molar-refractivity contribution < 1.29 is 9.90 Å². The van der Waals surface area contributed by atoms with Gasteiger partial charge in [0.25, 0.3) is 0 Å². The van der Waals surface area contributed by atoms with E-state index in [0.717, 1.165) is 4.47 Å². The standard InChI is InChI=1S/C9H9BrN4O2/c10-6-2-1-3-7(4-6)13-8(9(15)16)5-12-14-11/h1-4,8,13H,5H2,(H,15,16). The predicted molar refractivity (Wildman–Crippen MR) is 63.2 cm³/mol. The summed E-state index contributed by atoms with van der Waals surface area (Å²) in [7, 11) is 0. The van der Waals surface area contributed by atoms with E-state index < -0.39 is 12.0 Å². The number of azide groups is 1. The van der Waals surface area contributed by atoms with E-state index in [2.05, 4.69) is 31.3 Å². The lowest BCUT2D eigenvalue weighted by molar-refractivity contribution is -0.137. The molecule has 0 heterocycles. The number of carboxylic acid groups (broad SMARTS) is 1. The third kappa shape index (κ3) is 3.80. The first-order valence-electron chi connectivity index (χ1n) is 4.39. The molecule has 0 aromatic heterocycles. The van der Waals surface area contributed by atoms with Crippen LogP contribution < -0.4 is 5.32 Å². The summed E-state index contributed by atoms with van der Waals surface area (Å²) < 4.78 is 0.838. The van der Waals surface area contributed by atoms with Gasteiger partial charge in [-0.25, -0.2) is 4.79 Å². The van der Waals surface area contributed by atoms with Crippen LogP contribution in [0.2, 0.25) is 0 Å². The van der Waals surface area contributed by atoms with Gasteiger partial charge in [-0.3, -0.25) is 0 Å². The summed E-state index contributed by atoms with van der Waals surface area (Å²) in [6, 6.07) is 6.15. The number of hydrogen-bond acceptors (Lipinski definition) is 3. The molecule has 0 radical (unpaired) electrons. The highest BCUT2D eigenvalue weighted by molar-refractivity contribution is 9.10. The number of anilines is 1. The summed E-state index contributed by atoms with van der Waals surface area (Å²) in [4.78, 5) is 13.4. The molecule has 1 aromatic rings. The number of aliphatic carboxylic acids is 1. The van der Waals surface area contributed by atoms with Crippen molar-refractivity contribution in [2.45, 2.75) is 6.04 Å². The molecule has 84 valence electrons. The number of benzene rings is 1. The number of rotatable bonds is 5. The predicted octanol–water partition coefficient (Wildman–Crippen LogP) is 2.62. The molecule has 0 aliphatic carbocycles. The van der Waals surface area contributed by atoms with Crippen molar-refractivity contribution in [1.29, 1.82) is 0 Å². The molecule has 1 atom stereocenters. The topological polar surface area (TPSA) is 98.1 Å². The Hall–Kier alpha value is -1.72. The zero-order valence-corrected chi connectivity index (χ0v) is 9.75. The van der Waals surface area contributed by atoms with Crippen LogP contribution in [-0.2, 0) is 4.79 Å². The molecule has 16 heavy (non-hydrogen) atoms. The minimum atomic E-state index is -1.06. The van der Waals surface area contributed by atoms with E-state index in [4.69, 9.17) is 10.6 Å². The average molecular weight is 285 g/mol. The second-order valence-corrected chi connectivity index (χ2v) is 3.87. The second kappa shape index (κ2) is 5.99. The molecule has 0 aliphatic heterocycles. The fourth-order valence-corrected chi connectivity index (χ4v) is 1.48. The Morgan fingerprint density at radius 3 is 3.00 bits per heavy atom. The molecule has 2 N–H and O–H groups in total. The van der Waals surface area contributed by atoms with Gasteiger partial charge in [0.1, 0.15) is 6.04 Å². The molecule has 1 rings (SSSR count). The Bertz CT molecular complexity index is 431. The quantitative estimate of drug-likeness (QED) is 0.494. The lowest BCUT2D eigenvalue weighted by Gasteiger charge is -2.13. The molecule has 0 saturated carbocycles. The van der Waals surface area contributed by atoms with E-state index in [9.17, 15) is 4.79 Å². The van der Waals surface area contributed by atoms with Gasteiger partial charge in [0, 0.05) is 15.1 Å². The molecule has 1 unspecified atom stereocenters. The lowest BCUT2D eigenvalue weighted by Crippen LogP contribution is -2.31. The van der Waals surface area contributed by atoms with Crippen LogP contribution >= 0.6 is 15.9 Å². The summed E-state index contributed by atoms with van der Waals surface area (Å²) in [6.45, 7) is -0.141. The minimum Gasteiger partial charge on any atom is -0.480 e. The van der Waals surface area contributed by atoms with Crippen molar-refractivity contribution in [3.63, 3.8) is 0 Å². The van der Waals surface area contributed by atoms with Crippen LogP contribution in [0.15, 0.2) is 33.9 Å². The molecular formula is C9H9BrN4O2. The number of halogens is 1. The molecular weight excluding hydrogens is 276 g/mol. The molecule has 0 saturated heterocycles. The van der Waals surface area contributed by atoms with Crippen molar-refractivity contribution in [2.75, 3.05) is 11.9 Å². The van der Waals surface area contributed by atoms with Gasteiger partial charge in [0.15, 0.2) is 0 Å². The summed E-state index contributed by atoms with van der Waals surface area (Å²) in [5.74, 6) is -1.06. The minimum absolute atomic E-state index is 0.141. The van der Waals surface area contributed by atoms with Crippen molar-refractivity contribution in [2.24, 2.45) is 5.11 Å². The number of nitrogens with zero attached hydrogens (tertiary/aromatic N) is 3. The Labute approximate surface area is 100 Å². The Morgan fingerprint density at radius 1 is 1.69 bits per heavy atom. The first-order valence-corrected chi connectivity index (χ1v) is 5.18. The zero-order valence-electron chi connectivity index (χ0n) is 8.17. The highest BCUT2D eigenvalue weighted by Gasteiger charge is 2.15. The number of hydrogen-bond donors (Lipinski definition) is 2. The largest absolute Gasteiger partial charge is 0.480 e. The van der Waals surface area contributed by atoms with Crippen LogP contribution in [0.25, 0.3) is 10.4 Å². The van der Waals surface area contributed by atoms with Gasteiger partial charge < -0.3 is 10.4 Å². The number of carboxylic acids is 1. The van der Waals surface area contributed by atoms with E-state index in [-0.39, 0.29) is 6.54 Å². The zero-order chi connectivity index (χ0) is 12.0. The monoisotopic (exact) mass is 284 g/mol. The van der Waals surface area contributed by atoms with Gasteiger partial charge in [-0.2, -0.15) is 0 Å². The number of carbonyl (C=O) groups is 1. The normalized spacial score (nSPS) is 11.3. The number of nitrogens with one attached hydrogen (secondary N) is 1. The van der Waals surface area contributed by atoms with Crippen molar-refractivity contribution in [3.8, 4) is 0 Å². The van der Waals surface area contributed by atoms with E-state index in [1.54, 1.807) is 18.2 Å². The molecule has 6 nitrogen and oxygen atoms in total. The van der Waals surface area contributed by atoms with Crippen molar-refractivity contribution >= 4 is 27.6 Å². The Balaban J connectivity index is 2.75. The summed E-state index contributed by atoms with van der Waals surface area (Å²) in [5, 5.41) is 14.9. The van der Waals surface area contributed by atoms with Gasteiger partial charge in [0.05, 0.1) is 6.54 Å². The third-order valence-electron chi connectivity index (χ3n) is 1.79. The maximum absolute atomic E-state index is 10.8. The molecule has 0 aliphatic rings. The van der Waals surface area contributed by atoms with Crippen LogP contribution in [0.3, 0.4) is 0 Å². The van der Waals surface area contributed by atoms with Gasteiger partial charge in [-0.1, -0.05) is 27.1 Å². The van der Waals surface area contributed by atoms with Crippen LogP contribution in [0.1, 0.15) is 0 Å². The second-order valence-electron chi connectivity index (χ2n) is 2.96.